The monoisotopic (exact) mass is 251 g/mol. The third kappa shape index (κ3) is 3.15. The number of nitrogens with two attached hydrogens (primary N) is 1. The van der Waals surface area contributed by atoms with Gasteiger partial charge in [-0.05, 0) is 37.1 Å². The van der Waals surface area contributed by atoms with E-state index in [4.69, 9.17) is 19.9 Å². The first-order valence-corrected chi connectivity index (χ1v) is 6.33. The minimum atomic E-state index is 0.118. The Morgan fingerprint density at radius 2 is 2.00 bits per heavy atom. The third-order valence-electron chi connectivity index (χ3n) is 3.58. The van der Waals surface area contributed by atoms with E-state index in [1.807, 2.05) is 24.3 Å². The van der Waals surface area contributed by atoms with Crippen molar-refractivity contribution < 1.29 is 14.2 Å². The van der Waals surface area contributed by atoms with Gasteiger partial charge in [-0.25, -0.2) is 0 Å². The molecule has 1 aromatic rings. The van der Waals surface area contributed by atoms with Crippen LogP contribution in [0.5, 0.6) is 11.5 Å². The van der Waals surface area contributed by atoms with E-state index in [0.717, 1.165) is 37.6 Å². The molecule has 2 rings (SSSR count). The van der Waals surface area contributed by atoms with Crippen molar-refractivity contribution in [2.45, 2.75) is 12.8 Å². The normalized spacial score (nSPS) is 23.0. The van der Waals surface area contributed by atoms with Crippen molar-refractivity contribution in [3.63, 3.8) is 0 Å². The molecule has 18 heavy (non-hydrogen) atoms. The zero-order valence-electron chi connectivity index (χ0n) is 10.9. The lowest BCUT2D eigenvalue weighted by atomic mass is 9.84. The predicted molar refractivity (Wildman–Crippen MR) is 70.0 cm³/mol. The van der Waals surface area contributed by atoms with Crippen LogP contribution in [0.3, 0.4) is 0 Å². The van der Waals surface area contributed by atoms with Gasteiger partial charge in [0.05, 0.1) is 20.3 Å². The highest BCUT2D eigenvalue weighted by atomic mass is 16.5. The van der Waals surface area contributed by atoms with E-state index in [-0.39, 0.29) is 5.41 Å². The van der Waals surface area contributed by atoms with Crippen molar-refractivity contribution in [1.82, 2.24) is 0 Å². The van der Waals surface area contributed by atoms with Crippen LogP contribution in [0.15, 0.2) is 24.3 Å². The molecule has 1 unspecified atom stereocenters. The summed E-state index contributed by atoms with van der Waals surface area (Å²) in [6, 6.07) is 7.62. The molecule has 1 fully saturated rings. The molecule has 4 nitrogen and oxygen atoms in total. The van der Waals surface area contributed by atoms with Crippen molar-refractivity contribution >= 4 is 0 Å². The Balaban J connectivity index is 1.80. The second-order valence-electron chi connectivity index (χ2n) is 4.78. The molecule has 1 aliphatic rings. The largest absolute Gasteiger partial charge is 0.497 e. The van der Waals surface area contributed by atoms with Crippen LogP contribution in [0.4, 0.5) is 0 Å². The number of hydrogen-bond donors (Lipinski definition) is 1. The summed E-state index contributed by atoms with van der Waals surface area (Å²) >= 11 is 0. The number of hydrogen-bond acceptors (Lipinski definition) is 4. The molecule has 0 bridgehead atoms. The Bertz CT molecular complexity index is 358. The minimum absolute atomic E-state index is 0.118. The average Bonchev–Trinajstić information content (AvgIpc) is 2.89. The highest BCUT2D eigenvalue weighted by Gasteiger charge is 2.33. The summed E-state index contributed by atoms with van der Waals surface area (Å²) in [4.78, 5) is 0. The van der Waals surface area contributed by atoms with E-state index >= 15 is 0 Å². The topological polar surface area (TPSA) is 53.7 Å². The fourth-order valence-corrected chi connectivity index (χ4v) is 2.17. The zero-order chi connectivity index (χ0) is 12.8. The van der Waals surface area contributed by atoms with Crippen molar-refractivity contribution in [1.29, 1.82) is 0 Å². The maximum atomic E-state index is 5.83. The van der Waals surface area contributed by atoms with E-state index in [0.29, 0.717) is 13.2 Å². The lowest BCUT2D eigenvalue weighted by Gasteiger charge is -2.25. The molecular weight excluding hydrogens is 230 g/mol. The summed E-state index contributed by atoms with van der Waals surface area (Å²) in [5.41, 5.74) is 5.95. The lowest BCUT2D eigenvalue weighted by molar-refractivity contribution is 0.135. The molecule has 0 saturated carbocycles. The summed E-state index contributed by atoms with van der Waals surface area (Å²) < 4.78 is 16.3. The molecule has 4 heteroatoms. The summed E-state index contributed by atoms with van der Waals surface area (Å²) in [6.45, 7) is 2.92. The van der Waals surface area contributed by atoms with Gasteiger partial charge in [0.15, 0.2) is 0 Å². The van der Waals surface area contributed by atoms with Crippen LogP contribution >= 0.6 is 0 Å². The van der Waals surface area contributed by atoms with Crippen LogP contribution in [0, 0.1) is 5.41 Å². The zero-order valence-corrected chi connectivity index (χ0v) is 10.9. The Hall–Kier alpha value is -1.26. The van der Waals surface area contributed by atoms with Crippen LogP contribution < -0.4 is 15.2 Å². The van der Waals surface area contributed by atoms with E-state index in [1.54, 1.807) is 7.11 Å². The van der Waals surface area contributed by atoms with Gasteiger partial charge in [0, 0.05) is 18.6 Å². The van der Waals surface area contributed by atoms with Crippen molar-refractivity contribution in [3.8, 4) is 11.5 Å². The van der Waals surface area contributed by atoms with Crippen LogP contribution in [0.1, 0.15) is 12.8 Å². The van der Waals surface area contributed by atoms with Gasteiger partial charge in [-0.1, -0.05) is 0 Å². The van der Waals surface area contributed by atoms with Crippen LogP contribution in [0.2, 0.25) is 0 Å². The number of ether oxygens (including phenoxy) is 3. The highest BCUT2D eigenvalue weighted by molar-refractivity contribution is 5.31. The van der Waals surface area contributed by atoms with Crippen molar-refractivity contribution in [3.05, 3.63) is 24.3 Å². The quantitative estimate of drug-likeness (QED) is 0.838. The SMILES string of the molecule is COc1ccc(OCCC2(CN)CCOC2)cc1. The first kappa shape index (κ1) is 13.2. The van der Waals surface area contributed by atoms with E-state index < -0.39 is 0 Å². The average molecular weight is 251 g/mol. The van der Waals surface area contributed by atoms with Gasteiger partial charge in [0.25, 0.3) is 0 Å². The maximum absolute atomic E-state index is 5.83. The van der Waals surface area contributed by atoms with Gasteiger partial charge in [-0.3, -0.25) is 0 Å². The Labute approximate surface area is 108 Å². The second kappa shape index (κ2) is 6.07. The van der Waals surface area contributed by atoms with Crippen LogP contribution in [-0.2, 0) is 4.74 Å². The molecule has 0 aliphatic carbocycles. The van der Waals surface area contributed by atoms with Crippen molar-refractivity contribution in [2.24, 2.45) is 11.1 Å². The third-order valence-corrected chi connectivity index (χ3v) is 3.58. The Morgan fingerprint density at radius 3 is 2.56 bits per heavy atom. The van der Waals surface area contributed by atoms with E-state index in [9.17, 15) is 0 Å². The molecule has 1 heterocycles. The molecule has 0 spiro atoms. The number of methoxy groups -OCH3 is 1. The molecule has 1 aliphatic heterocycles. The fourth-order valence-electron chi connectivity index (χ4n) is 2.17. The van der Waals surface area contributed by atoms with E-state index in [2.05, 4.69) is 0 Å². The molecule has 100 valence electrons. The van der Waals surface area contributed by atoms with Gasteiger partial charge in [-0.2, -0.15) is 0 Å². The number of benzene rings is 1. The molecule has 1 saturated heterocycles. The molecule has 1 atom stereocenters. The van der Waals surface area contributed by atoms with Gasteiger partial charge in [0.1, 0.15) is 11.5 Å². The van der Waals surface area contributed by atoms with Gasteiger partial charge in [-0.15, -0.1) is 0 Å². The lowest BCUT2D eigenvalue weighted by Crippen LogP contribution is -2.32. The minimum Gasteiger partial charge on any atom is -0.497 e. The molecular formula is C14H21NO3. The second-order valence-corrected chi connectivity index (χ2v) is 4.78. The first-order chi connectivity index (χ1) is 8.78. The molecule has 0 amide bonds. The summed E-state index contributed by atoms with van der Waals surface area (Å²) in [5.74, 6) is 1.70. The molecule has 0 radical (unpaired) electrons. The summed E-state index contributed by atoms with van der Waals surface area (Å²) in [5, 5.41) is 0. The molecule has 0 aromatic heterocycles. The predicted octanol–water partition coefficient (Wildman–Crippen LogP) is 1.83. The number of rotatable bonds is 6. The summed E-state index contributed by atoms with van der Waals surface area (Å²) in [7, 11) is 1.65. The molecule has 2 N–H and O–H groups in total. The standard InChI is InChI=1S/C14H21NO3/c1-16-12-2-4-13(5-3-12)18-9-7-14(10-15)6-8-17-11-14/h2-5H,6-11,15H2,1H3. The maximum Gasteiger partial charge on any atom is 0.119 e. The fraction of sp³-hybridized carbons (Fsp3) is 0.571. The van der Waals surface area contributed by atoms with Crippen LogP contribution in [0.25, 0.3) is 0 Å². The van der Waals surface area contributed by atoms with Gasteiger partial charge < -0.3 is 19.9 Å². The van der Waals surface area contributed by atoms with Gasteiger partial charge >= 0.3 is 0 Å². The Kier molecular flexibility index (Phi) is 4.44. The summed E-state index contributed by atoms with van der Waals surface area (Å²) in [6.07, 6.45) is 1.98. The first-order valence-electron chi connectivity index (χ1n) is 6.33. The Morgan fingerprint density at radius 1 is 1.28 bits per heavy atom. The van der Waals surface area contributed by atoms with Gasteiger partial charge in [0.2, 0.25) is 0 Å². The van der Waals surface area contributed by atoms with Crippen molar-refractivity contribution in [2.75, 3.05) is 33.5 Å². The smallest absolute Gasteiger partial charge is 0.119 e. The van der Waals surface area contributed by atoms with Crippen LogP contribution in [-0.4, -0.2) is 33.5 Å². The highest BCUT2D eigenvalue weighted by Crippen LogP contribution is 2.31. The van der Waals surface area contributed by atoms with E-state index in [1.165, 1.54) is 0 Å². The molecule has 1 aromatic carbocycles.